The van der Waals surface area contributed by atoms with Gasteiger partial charge in [-0.3, -0.25) is 9.59 Å². The molecule has 1 aliphatic heterocycles. The Morgan fingerprint density at radius 3 is 2.30 bits per heavy atom. The van der Waals surface area contributed by atoms with Crippen molar-refractivity contribution in [2.45, 2.75) is 32.4 Å². The molecule has 0 saturated carbocycles. The number of amides is 1. The number of hydrogen-bond acceptors (Lipinski definition) is 4. The van der Waals surface area contributed by atoms with Gasteiger partial charge in [0.15, 0.2) is 6.10 Å². The molecule has 1 saturated heterocycles. The summed E-state index contributed by atoms with van der Waals surface area (Å²) in [6.45, 7) is 2.76. The minimum atomic E-state index is -0.982. The summed E-state index contributed by atoms with van der Waals surface area (Å²) in [4.78, 5) is 38.0. The quantitative estimate of drug-likeness (QED) is 0.578. The highest BCUT2D eigenvalue weighted by molar-refractivity contribution is 6.01. The molecule has 0 radical (unpaired) electrons. The molecule has 140 valence electrons. The summed E-state index contributed by atoms with van der Waals surface area (Å²) in [5.74, 6) is -1.30. The highest BCUT2D eigenvalue weighted by atomic mass is 19.1. The van der Waals surface area contributed by atoms with Crippen LogP contribution in [0.25, 0.3) is 0 Å². The van der Waals surface area contributed by atoms with Crippen LogP contribution in [0, 0.1) is 5.82 Å². The normalized spacial score (nSPS) is 14.9. The van der Waals surface area contributed by atoms with E-state index in [1.165, 1.54) is 31.2 Å². The van der Waals surface area contributed by atoms with Crippen LogP contribution in [-0.2, 0) is 16.1 Å². The van der Waals surface area contributed by atoms with Gasteiger partial charge in [0.2, 0.25) is 11.7 Å². The Morgan fingerprint density at radius 1 is 1.07 bits per heavy atom. The predicted octanol–water partition coefficient (Wildman–Crippen LogP) is 3.38. The number of carbonyl (C=O) groups is 3. The summed E-state index contributed by atoms with van der Waals surface area (Å²) in [7, 11) is 0. The second-order valence-electron chi connectivity index (χ2n) is 6.53. The van der Waals surface area contributed by atoms with E-state index in [9.17, 15) is 18.8 Å². The fraction of sp³-hybridized carbons (Fsp3) is 0.286. The largest absolute Gasteiger partial charge is 0.451 e. The van der Waals surface area contributed by atoms with Crippen LogP contribution in [0.1, 0.15) is 46.0 Å². The zero-order valence-corrected chi connectivity index (χ0v) is 15.0. The van der Waals surface area contributed by atoms with Crippen LogP contribution in [0.15, 0.2) is 48.5 Å². The minimum Gasteiger partial charge on any atom is -0.451 e. The topological polar surface area (TPSA) is 63.7 Å². The van der Waals surface area contributed by atoms with Gasteiger partial charge in [-0.05, 0) is 55.3 Å². The third-order valence-corrected chi connectivity index (χ3v) is 4.52. The molecule has 1 amide bonds. The molecule has 27 heavy (non-hydrogen) atoms. The van der Waals surface area contributed by atoms with Crippen LogP contribution in [0.4, 0.5) is 4.39 Å². The lowest BCUT2D eigenvalue weighted by Crippen LogP contribution is -2.25. The van der Waals surface area contributed by atoms with Crippen molar-refractivity contribution in [2.75, 3.05) is 6.54 Å². The standard InChI is InChI=1S/C21H20FNO4/c1-14(20(25)16-8-10-18(22)11-9-16)27-21(26)17-6-4-15(5-7-17)13-23-12-2-3-19(23)24/h4-11,14H,2-3,12-13H2,1H3. The van der Waals surface area contributed by atoms with E-state index < -0.39 is 23.7 Å². The number of hydrogen-bond donors (Lipinski definition) is 0. The Morgan fingerprint density at radius 2 is 1.70 bits per heavy atom. The van der Waals surface area contributed by atoms with E-state index in [0.29, 0.717) is 18.5 Å². The SMILES string of the molecule is CC(OC(=O)c1ccc(CN2CCCC2=O)cc1)C(=O)c1ccc(F)cc1. The summed E-state index contributed by atoms with van der Waals surface area (Å²) >= 11 is 0. The van der Waals surface area contributed by atoms with Crippen molar-refractivity contribution in [3.63, 3.8) is 0 Å². The van der Waals surface area contributed by atoms with Crippen molar-refractivity contribution in [1.82, 2.24) is 4.90 Å². The first-order valence-electron chi connectivity index (χ1n) is 8.81. The van der Waals surface area contributed by atoms with Crippen molar-refractivity contribution in [3.05, 3.63) is 71.0 Å². The maximum Gasteiger partial charge on any atom is 0.338 e. The molecule has 1 unspecified atom stereocenters. The first-order chi connectivity index (χ1) is 12.9. The smallest absolute Gasteiger partial charge is 0.338 e. The maximum atomic E-state index is 12.9. The van der Waals surface area contributed by atoms with Crippen molar-refractivity contribution in [1.29, 1.82) is 0 Å². The highest BCUT2D eigenvalue weighted by Crippen LogP contribution is 2.16. The molecule has 1 heterocycles. The van der Waals surface area contributed by atoms with Gasteiger partial charge in [0, 0.05) is 25.1 Å². The van der Waals surface area contributed by atoms with E-state index in [1.54, 1.807) is 29.2 Å². The zero-order valence-electron chi connectivity index (χ0n) is 15.0. The summed E-state index contributed by atoms with van der Waals surface area (Å²) in [6, 6.07) is 11.9. The number of benzene rings is 2. The molecular formula is C21H20FNO4. The van der Waals surface area contributed by atoms with Crippen LogP contribution in [0.2, 0.25) is 0 Å². The van der Waals surface area contributed by atoms with Gasteiger partial charge >= 0.3 is 5.97 Å². The summed E-state index contributed by atoms with van der Waals surface area (Å²) in [6.07, 6.45) is 0.484. The Kier molecular flexibility index (Phi) is 5.64. The number of likely N-dealkylation sites (tertiary alicyclic amines) is 1. The summed E-state index contributed by atoms with van der Waals surface area (Å²) < 4.78 is 18.2. The number of ketones is 1. The molecular weight excluding hydrogens is 349 g/mol. The van der Waals surface area contributed by atoms with Crippen LogP contribution in [-0.4, -0.2) is 35.2 Å². The molecule has 1 fully saturated rings. The Balaban J connectivity index is 1.59. The van der Waals surface area contributed by atoms with Gasteiger partial charge in [-0.1, -0.05) is 12.1 Å². The Labute approximate surface area is 156 Å². The molecule has 6 heteroatoms. The fourth-order valence-electron chi connectivity index (χ4n) is 2.97. The number of carbonyl (C=O) groups excluding carboxylic acids is 3. The fourth-order valence-corrected chi connectivity index (χ4v) is 2.97. The molecule has 0 N–H and O–H groups in total. The van der Waals surface area contributed by atoms with Gasteiger partial charge in [-0.15, -0.1) is 0 Å². The molecule has 3 rings (SSSR count). The molecule has 5 nitrogen and oxygen atoms in total. The monoisotopic (exact) mass is 369 g/mol. The van der Waals surface area contributed by atoms with Gasteiger partial charge in [-0.2, -0.15) is 0 Å². The molecule has 0 aromatic heterocycles. The second kappa shape index (κ2) is 8.12. The minimum absolute atomic E-state index is 0.145. The van der Waals surface area contributed by atoms with E-state index >= 15 is 0 Å². The van der Waals surface area contributed by atoms with Gasteiger partial charge in [0.25, 0.3) is 0 Å². The van der Waals surface area contributed by atoms with Crippen molar-refractivity contribution in [2.24, 2.45) is 0 Å². The van der Waals surface area contributed by atoms with Gasteiger partial charge in [0.05, 0.1) is 5.56 Å². The van der Waals surface area contributed by atoms with Crippen molar-refractivity contribution in [3.8, 4) is 0 Å². The number of rotatable bonds is 6. The van der Waals surface area contributed by atoms with E-state index in [2.05, 4.69) is 0 Å². The van der Waals surface area contributed by atoms with E-state index in [0.717, 1.165) is 18.5 Å². The second-order valence-corrected chi connectivity index (χ2v) is 6.53. The summed E-state index contributed by atoms with van der Waals surface area (Å²) in [5.41, 5.74) is 1.53. The summed E-state index contributed by atoms with van der Waals surface area (Å²) in [5, 5.41) is 0. The molecule has 0 bridgehead atoms. The molecule has 2 aromatic rings. The Hall–Kier alpha value is -3.02. The maximum absolute atomic E-state index is 12.9. The van der Waals surface area contributed by atoms with E-state index in [-0.39, 0.29) is 11.5 Å². The number of halogens is 1. The van der Waals surface area contributed by atoms with Gasteiger partial charge in [0.1, 0.15) is 5.82 Å². The molecule has 1 atom stereocenters. The number of nitrogens with zero attached hydrogens (tertiary/aromatic N) is 1. The van der Waals surface area contributed by atoms with Gasteiger partial charge in [-0.25, -0.2) is 9.18 Å². The van der Waals surface area contributed by atoms with Gasteiger partial charge < -0.3 is 9.64 Å². The number of ether oxygens (including phenoxy) is 1. The first kappa shape index (κ1) is 18.8. The third kappa shape index (κ3) is 4.58. The van der Waals surface area contributed by atoms with Crippen LogP contribution < -0.4 is 0 Å². The first-order valence-corrected chi connectivity index (χ1v) is 8.81. The number of esters is 1. The zero-order chi connectivity index (χ0) is 19.4. The average molecular weight is 369 g/mol. The molecule has 0 spiro atoms. The molecule has 0 aliphatic carbocycles. The van der Waals surface area contributed by atoms with Crippen LogP contribution in [0.5, 0.6) is 0 Å². The van der Waals surface area contributed by atoms with Crippen LogP contribution in [0.3, 0.4) is 0 Å². The van der Waals surface area contributed by atoms with E-state index in [1.807, 2.05) is 0 Å². The molecule has 2 aromatic carbocycles. The number of Topliss-reactive ketones (excluding diaryl/α,β-unsaturated/α-hetero) is 1. The van der Waals surface area contributed by atoms with Crippen molar-refractivity contribution < 1.29 is 23.5 Å². The van der Waals surface area contributed by atoms with Crippen LogP contribution >= 0.6 is 0 Å². The average Bonchev–Trinajstić information content (AvgIpc) is 3.07. The lowest BCUT2D eigenvalue weighted by atomic mass is 10.1. The predicted molar refractivity (Wildman–Crippen MR) is 96.7 cm³/mol. The third-order valence-electron chi connectivity index (χ3n) is 4.52. The van der Waals surface area contributed by atoms with E-state index in [4.69, 9.17) is 4.74 Å². The molecule has 1 aliphatic rings. The van der Waals surface area contributed by atoms with Crippen molar-refractivity contribution >= 4 is 17.7 Å². The highest BCUT2D eigenvalue weighted by Gasteiger charge is 2.22. The lowest BCUT2D eigenvalue weighted by Gasteiger charge is -2.16. The Bertz CT molecular complexity index is 845. The lowest BCUT2D eigenvalue weighted by molar-refractivity contribution is -0.128.